The predicted molar refractivity (Wildman–Crippen MR) is 78.1 cm³/mol. The number of ether oxygens (including phenoxy) is 1. The number of nitrogens with one attached hydrogen (secondary N) is 1. The van der Waals surface area contributed by atoms with Crippen molar-refractivity contribution in [3.8, 4) is 5.75 Å². The molecule has 17 heavy (non-hydrogen) atoms. The van der Waals surface area contributed by atoms with E-state index in [1.807, 2.05) is 36.0 Å². The van der Waals surface area contributed by atoms with Gasteiger partial charge < -0.3 is 15.0 Å². The van der Waals surface area contributed by atoms with Gasteiger partial charge in [-0.25, -0.2) is 0 Å². The Kier molecular flexibility index (Phi) is 4.50. The highest BCUT2D eigenvalue weighted by Crippen LogP contribution is 2.23. The smallest absolute Gasteiger partial charge is 0.173 e. The molecule has 92 valence electrons. The van der Waals surface area contributed by atoms with Crippen LogP contribution in [-0.2, 0) is 0 Å². The summed E-state index contributed by atoms with van der Waals surface area (Å²) in [6, 6.07) is 7.82. The Labute approximate surface area is 112 Å². The molecule has 0 unspecified atom stereocenters. The van der Waals surface area contributed by atoms with Crippen molar-refractivity contribution in [3.05, 3.63) is 24.3 Å². The van der Waals surface area contributed by atoms with E-state index in [4.69, 9.17) is 17.0 Å². The Morgan fingerprint density at radius 2 is 2.06 bits per heavy atom. The van der Waals surface area contributed by atoms with E-state index in [1.54, 1.807) is 7.11 Å². The van der Waals surface area contributed by atoms with Crippen LogP contribution in [0.25, 0.3) is 0 Å². The van der Waals surface area contributed by atoms with Gasteiger partial charge in [0, 0.05) is 24.6 Å². The second-order valence-corrected chi connectivity index (χ2v) is 5.34. The van der Waals surface area contributed by atoms with Gasteiger partial charge in [-0.3, -0.25) is 0 Å². The normalized spacial score (nSPS) is 15.5. The number of nitrogens with zero attached hydrogens (tertiary/aromatic N) is 1. The standard InChI is InChI=1S/C12H16N2OS2/c1-15-11-5-3-2-4-10(11)13-12(16)14-6-8-17-9-7-14/h2-5H,6-9H2,1H3,(H,13,16). The van der Waals surface area contributed by atoms with Crippen molar-refractivity contribution in [1.29, 1.82) is 0 Å². The first-order chi connectivity index (χ1) is 8.31. The monoisotopic (exact) mass is 268 g/mol. The third-order valence-corrected chi connectivity index (χ3v) is 3.95. The zero-order valence-electron chi connectivity index (χ0n) is 9.81. The summed E-state index contributed by atoms with van der Waals surface area (Å²) in [6.07, 6.45) is 0. The first-order valence-electron chi connectivity index (χ1n) is 5.58. The Balaban J connectivity index is 2.01. The van der Waals surface area contributed by atoms with Gasteiger partial charge in [-0.05, 0) is 24.4 Å². The van der Waals surface area contributed by atoms with Gasteiger partial charge in [-0.2, -0.15) is 11.8 Å². The van der Waals surface area contributed by atoms with Gasteiger partial charge in [-0.1, -0.05) is 12.1 Å². The minimum Gasteiger partial charge on any atom is -0.495 e. The molecule has 2 rings (SSSR count). The maximum Gasteiger partial charge on any atom is 0.173 e. The molecule has 0 radical (unpaired) electrons. The molecule has 0 aliphatic carbocycles. The minimum atomic E-state index is 0.787. The molecule has 1 aliphatic heterocycles. The zero-order valence-corrected chi connectivity index (χ0v) is 11.4. The highest BCUT2D eigenvalue weighted by atomic mass is 32.2. The lowest BCUT2D eigenvalue weighted by Crippen LogP contribution is -2.40. The molecule has 1 aliphatic rings. The summed E-state index contributed by atoms with van der Waals surface area (Å²) >= 11 is 7.39. The molecule has 5 heteroatoms. The fourth-order valence-electron chi connectivity index (χ4n) is 1.71. The molecule has 0 bridgehead atoms. The average molecular weight is 268 g/mol. The van der Waals surface area contributed by atoms with Crippen LogP contribution in [0.5, 0.6) is 5.75 Å². The van der Waals surface area contributed by atoms with E-state index in [0.717, 1.165) is 41.1 Å². The maximum absolute atomic E-state index is 5.41. The summed E-state index contributed by atoms with van der Waals surface area (Å²) in [7, 11) is 1.67. The molecule has 0 atom stereocenters. The van der Waals surface area contributed by atoms with Crippen LogP contribution in [0.3, 0.4) is 0 Å². The molecule has 1 fully saturated rings. The van der Waals surface area contributed by atoms with Crippen molar-refractivity contribution in [3.63, 3.8) is 0 Å². The van der Waals surface area contributed by atoms with Crippen molar-refractivity contribution >= 4 is 34.8 Å². The molecular formula is C12H16N2OS2. The topological polar surface area (TPSA) is 24.5 Å². The van der Waals surface area contributed by atoms with Crippen molar-refractivity contribution in [2.45, 2.75) is 0 Å². The number of methoxy groups -OCH3 is 1. The Morgan fingerprint density at radius 3 is 2.76 bits per heavy atom. The maximum atomic E-state index is 5.41. The number of hydrogen-bond donors (Lipinski definition) is 1. The summed E-state index contributed by atoms with van der Waals surface area (Å²) in [5.41, 5.74) is 0.929. The van der Waals surface area contributed by atoms with E-state index in [9.17, 15) is 0 Å². The summed E-state index contributed by atoms with van der Waals surface area (Å²) in [5, 5.41) is 4.04. The van der Waals surface area contributed by atoms with E-state index in [-0.39, 0.29) is 0 Å². The summed E-state index contributed by atoms with van der Waals surface area (Å²) in [4.78, 5) is 2.21. The molecule has 1 N–H and O–H groups in total. The molecule has 0 aromatic heterocycles. The van der Waals surface area contributed by atoms with E-state index in [1.165, 1.54) is 0 Å². The van der Waals surface area contributed by atoms with Crippen LogP contribution in [0.1, 0.15) is 0 Å². The first kappa shape index (κ1) is 12.5. The fraction of sp³-hybridized carbons (Fsp3) is 0.417. The molecule has 1 aromatic rings. The van der Waals surface area contributed by atoms with E-state index in [0.29, 0.717) is 0 Å². The number of thioether (sulfide) groups is 1. The lowest BCUT2D eigenvalue weighted by Gasteiger charge is -2.29. The van der Waals surface area contributed by atoms with E-state index < -0.39 is 0 Å². The molecule has 1 aromatic carbocycles. The SMILES string of the molecule is COc1ccccc1NC(=S)N1CCSCC1. The first-order valence-corrected chi connectivity index (χ1v) is 7.14. The van der Waals surface area contributed by atoms with Gasteiger partial charge in [0.1, 0.15) is 5.75 Å². The largest absolute Gasteiger partial charge is 0.495 e. The van der Waals surface area contributed by atoms with Gasteiger partial charge >= 0.3 is 0 Å². The number of hydrogen-bond acceptors (Lipinski definition) is 3. The minimum absolute atomic E-state index is 0.787. The van der Waals surface area contributed by atoms with Crippen LogP contribution in [0, 0.1) is 0 Å². The van der Waals surface area contributed by atoms with Crippen molar-refractivity contribution in [2.24, 2.45) is 0 Å². The zero-order chi connectivity index (χ0) is 12.1. The number of anilines is 1. The molecule has 0 saturated carbocycles. The lowest BCUT2D eigenvalue weighted by molar-refractivity contribution is 0.416. The van der Waals surface area contributed by atoms with Crippen molar-refractivity contribution < 1.29 is 4.74 Å². The highest BCUT2D eigenvalue weighted by molar-refractivity contribution is 7.99. The molecule has 3 nitrogen and oxygen atoms in total. The van der Waals surface area contributed by atoms with Crippen LogP contribution in [0.15, 0.2) is 24.3 Å². The Bertz CT molecular complexity index is 392. The van der Waals surface area contributed by atoms with Crippen LogP contribution in [0.4, 0.5) is 5.69 Å². The van der Waals surface area contributed by atoms with Crippen molar-refractivity contribution in [1.82, 2.24) is 4.90 Å². The second-order valence-electron chi connectivity index (χ2n) is 3.73. The average Bonchev–Trinajstić information content (AvgIpc) is 2.40. The summed E-state index contributed by atoms with van der Waals surface area (Å²) in [5.74, 6) is 3.11. The Morgan fingerprint density at radius 1 is 1.35 bits per heavy atom. The van der Waals surface area contributed by atoms with Crippen molar-refractivity contribution in [2.75, 3.05) is 37.0 Å². The number of thiocarbonyl (C=S) groups is 1. The second kappa shape index (κ2) is 6.12. The lowest BCUT2D eigenvalue weighted by atomic mass is 10.3. The number of para-hydroxylation sites is 2. The fourth-order valence-corrected chi connectivity index (χ4v) is 2.90. The number of benzene rings is 1. The van der Waals surface area contributed by atoms with Gasteiger partial charge in [0.25, 0.3) is 0 Å². The summed E-state index contributed by atoms with van der Waals surface area (Å²) < 4.78 is 5.29. The quantitative estimate of drug-likeness (QED) is 0.831. The van der Waals surface area contributed by atoms with Crippen LogP contribution < -0.4 is 10.1 Å². The summed E-state index contributed by atoms with van der Waals surface area (Å²) in [6.45, 7) is 2.04. The van der Waals surface area contributed by atoms with Gasteiger partial charge in [0.05, 0.1) is 12.8 Å². The van der Waals surface area contributed by atoms with Gasteiger partial charge in [0.15, 0.2) is 5.11 Å². The van der Waals surface area contributed by atoms with Gasteiger partial charge in [0.2, 0.25) is 0 Å². The molecule has 0 amide bonds. The Hall–Kier alpha value is -0.940. The van der Waals surface area contributed by atoms with E-state index >= 15 is 0 Å². The van der Waals surface area contributed by atoms with Crippen LogP contribution >= 0.6 is 24.0 Å². The molecule has 0 spiro atoms. The highest BCUT2D eigenvalue weighted by Gasteiger charge is 2.14. The van der Waals surface area contributed by atoms with Crippen LogP contribution in [-0.4, -0.2) is 41.7 Å². The third kappa shape index (κ3) is 3.26. The van der Waals surface area contributed by atoms with E-state index in [2.05, 4.69) is 10.2 Å². The molecule has 1 heterocycles. The van der Waals surface area contributed by atoms with Crippen LogP contribution in [0.2, 0.25) is 0 Å². The molecule has 1 saturated heterocycles. The molecular weight excluding hydrogens is 252 g/mol. The third-order valence-electron chi connectivity index (χ3n) is 2.65. The van der Waals surface area contributed by atoms with Gasteiger partial charge in [-0.15, -0.1) is 0 Å². The predicted octanol–water partition coefficient (Wildman–Crippen LogP) is 2.44. The number of rotatable bonds is 2.